The van der Waals surface area contributed by atoms with E-state index < -0.39 is 0 Å². The van der Waals surface area contributed by atoms with Gasteiger partial charge in [-0.15, -0.1) is 0 Å². The van der Waals surface area contributed by atoms with Gasteiger partial charge in [-0.3, -0.25) is 4.99 Å². The van der Waals surface area contributed by atoms with Crippen LogP contribution in [0.2, 0.25) is 5.15 Å². The summed E-state index contributed by atoms with van der Waals surface area (Å²) < 4.78 is 0. The minimum absolute atomic E-state index is 0.416. The maximum Gasteiger partial charge on any atom is 0.154 e. The fourth-order valence-corrected chi connectivity index (χ4v) is 1.38. The maximum atomic E-state index is 5.93. The van der Waals surface area contributed by atoms with Gasteiger partial charge in [-0.25, -0.2) is 4.98 Å². The molecule has 1 rings (SSSR count). The Balaban J connectivity index is 3.25. The molecule has 1 aromatic heterocycles. The summed E-state index contributed by atoms with van der Waals surface area (Å²) in [5, 5.41) is 0.476. The van der Waals surface area contributed by atoms with Crippen molar-refractivity contribution < 1.29 is 0 Å². The maximum absolute atomic E-state index is 5.93. The van der Waals surface area contributed by atoms with Crippen molar-refractivity contribution in [2.75, 3.05) is 0 Å². The number of halogens is 1. The first-order valence-electron chi connectivity index (χ1n) is 4.30. The molecule has 0 aromatic carbocycles. The van der Waals surface area contributed by atoms with Gasteiger partial charge in [0.15, 0.2) is 5.15 Å². The summed E-state index contributed by atoms with van der Waals surface area (Å²) in [4.78, 5) is 8.20. The largest absolute Gasteiger partial charge is 0.258 e. The van der Waals surface area contributed by atoms with E-state index >= 15 is 0 Å². The molecule has 0 unspecified atom stereocenters. The number of rotatable bonds is 2. The lowest BCUT2D eigenvalue weighted by Crippen LogP contribution is -1.90. The normalized spacial score (nSPS) is 11.5. The average Bonchev–Trinajstić information content (AvgIpc) is 2.08. The molecule has 0 N–H and O–H groups in total. The lowest BCUT2D eigenvalue weighted by atomic mass is 10.0. The summed E-state index contributed by atoms with van der Waals surface area (Å²) in [6, 6.07) is 1.96. The first kappa shape index (κ1) is 10.2. The first-order chi connectivity index (χ1) is 6.16. The van der Waals surface area contributed by atoms with E-state index in [0.29, 0.717) is 11.1 Å². The van der Waals surface area contributed by atoms with Crippen LogP contribution in [0.25, 0.3) is 0 Å². The molecule has 0 fully saturated rings. The van der Waals surface area contributed by atoms with Crippen LogP contribution in [-0.2, 0) is 0 Å². The third-order valence-electron chi connectivity index (χ3n) is 1.79. The molecular formula is C10H13ClN2. The monoisotopic (exact) mass is 196 g/mol. The van der Waals surface area contributed by atoms with Crippen molar-refractivity contribution in [1.82, 2.24) is 4.98 Å². The Kier molecular flexibility index (Phi) is 3.43. The number of hydrogen-bond donors (Lipinski definition) is 0. The molecule has 3 heteroatoms. The summed E-state index contributed by atoms with van der Waals surface area (Å²) in [7, 11) is 0. The van der Waals surface area contributed by atoms with Crippen LogP contribution < -0.4 is 0 Å². The van der Waals surface area contributed by atoms with Crippen molar-refractivity contribution in [3.05, 3.63) is 23.0 Å². The van der Waals surface area contributed by atoms with Gasteiger partial charge in [-0.1, -0.05) is 25.4 Å². The van der Waals surface area contributed by atoms with Crippen LogP contribution in [0.5, 0.6) is 0 Å². The second kappa shape index (κ2) is 4.38. The molecule has 70 valence electrons. The van der Waals surface area contributed by atoms with Gasteiger partial charge in [0.1, 0.15) is 5.69 Å². The molecule has 0 spiro atoms. The van der Waals surface area contributed by atoms with Gasteiger partial charge in [-0.2, -0.15) is 0 Å². The standard InChI is InChI=1S/C10H13ClN2/c1-4-12-9-8(7(2)3)5-6-13-10(9)11/h4-7H,1-3H3/b12-4-. The molecule has 0 aliphatic carbocycles. The molecule has 0 aliphatic rings. The Morgan fingerprint density at radius 3 is 2.77 bits per heavy atom. The quantitative estimate of drug-likeness (QED) is 0.524. The zero-order valence-corrected chi connectivity index (χ0v) is 8.84. The minimum atomic E-state index is 0.416. The molecule has 13 heavy (non-hydrogen) atoms. The first-order valence-corrected chi connectivity index (χ1v) is 4.67. The third-order valence-corrected chi connectivity index (χ3v) is 2.07. The number of hydrogen-bond acceptors (Lipinski definition) is 2. The van der Waals surface area contributed by atoms with E-state index in [9.17, 15) is 0 Å². The summed E-state index contributed by atoms with van der Waals surface area (Å²) >= 11 is 5.93. The van der Waals surface area contributed by atoms with Crippen LogP contribution in [0, 0.1) is 0 Å². The molecule has 1 heterocycles. The molecule has 0 bridgehead atoms. The Labute approximate surface area is 83.7 Å². The molecule has 0 saturated carbocycles. The zero-order chi connectivity index (χ0) is 9.84. The highest BCUT2D eigenvalue weighted by Gasteiger charge is 2.08. The van der Waals surface area contributed by atoms with Crippen molar-refractivity contribution in [3.8, 4) is 0 Å². The molecule has 0 radical (unpaired) electrons. The van der Waals surface area contributed by atoms with Crippen LogP contribution >= 0.6 is 11.6 Å². The summed E-state index contributed by atoms with van der Waals surface area (Å²) in [5.74, 6) is 0.416. The van der Waals surface area contributed by atoms with Crippen LogP contribution in [0.4, 0.5) is 5.69 Å². The highest BCUT2D eigenvalue weighted by Crippen LogP contribution is 2.31. The smallest absolute Gasteiger partial charge is 0.154 e. The van der Waals surface area contributed by atoms with Crippen molar-refractivity contribution in [2.24, 2.45) is 4.99 Å². The van der Waals surface area contributed by atoms with E-state index in [-0.39, 0.29) is 0 Å². The lowest BCUT2D eigenvalue weighted by molar-refractivity contribution is 0.863. The van der Waals surface area contributed by atoms with Gasteiger partial charge in [-0.05, 0) is 24.5 Å². The Bertz CT molecular complexity index is 319. The van der Waals surface area contributed by atoms with E-state index in [2.05, 4.69) is 23.8 Å². The lowest BCUT2D eigenvalue weighted by Gasteiger charge is -2.09. The molecule has 0 aliphatic heterocycles. The third kappa shape index (κ3) is 2.28. The molecule has 0 amide bonds. The van der Waals surface area contributed by atoms with Crippen LogP contribution in [0.15, 0.2) is 17.3 Å². The van der Waals surface area contributed by atoms with Gasteiger partial charge >= 0.3 is 0 Å². The average molecular weight is 197 g/mol. The Hall–Kier alpha value is -0.890. The fraction of sp³-hybridized carbons (Fsp3) is 0.400. The topological polar surface area (TPSA) is 25.2 Å². The predicted octanol–water partition coefficient (Wildman–Crippen LogP) is 3.58. The SMILES string of the molecule is C/C=N\c1c(C(C)C)ccnc1Cl. The molecule has 2 nitrogen and oxygen atoms in total. The summed E-state index contributed by atoms with van der Waals surface area (Å²) in [6.45, 7) is 6.09. The van der Waals surface area contributed by atoms with Crippen molar-refractivity contribution in [2.45, 2.75) is 26.7 Å². The number of aliphatic imine (C=N–C) groups is 1. The van der Waals surface area contributed by atoms with Crippen molar-refractivity contribution in [1.29, 1.82) is 0 Å². The summed E-state index contributed by atoms with van der Waals surface area (Å²) in [6.07, 6.45) is 3.45. The van der Waals surface area contributed by atoms with Gasteiger partial charge in [0.05, 0.1) is 0 Å². The predicted molar refractivity (Wildman–Crippen MR) is 57.2 cm³/mol. The number of aromatic nitrogens is 1. The fourth-order valence-electron chi connectivity index (χ4n) is 1.16. The second-order valence-corrected chi connectivity index (χ2v) is 3.44. The van der Waals surface area contributed by atoms with Crippen molar-refractivity contribution >= 4 is 23.5 Å². The van der Waals surface area contributed by atoms with Crippen LogP contribution in [0.3, 0.4) is 0 Å². The van der Waals surface area contributed by atoms with E-state index in [0.717, 1.165) is 11.3 Å². The van der Waals surface area contributed by atoms with E-state index in [1.165, 1.54) is 0 Å². The van der Waals surface area contributed by atoms with E-state index in [1.54, 1.807) is 12.4 Å². The molecular weight excluding hydrogens is 184 g/mol. The highest BCUT2D eigenvalue weighted by atomic mass is 35.5. The van der Waals surface area contributed by atoms with Gasteiger partial charge < -0.3 is 0 Å². The number of pyridine rings is 1. The zero-order valence-electron chi connectivity index (χ0n) is 8.08. The van der Waals surface area contributed by atoms with Crippen LogP contribution in [0.1, 0.15) is 32.3 Å². The van der Waals surface area contributed by atoms with E-state index in [4.69, 9.17) is 11.6 Å². The minimum Gasteiger partial charge on any atom is -0.258 e. The Morgan fingerprint density at radius 2 is 2.23 bits per heavy atom. The molecule has 0 atom stereocenters. The van der Waals surface area contributed by atoms with Gasteiger partial charge in [0, 0.05) is 12.4 Å². The van der Waals surface area contributed by atoms with Crippen molar-refractivity contribution in [3.63, 3.8) is 0 Å². The second-order valence-electron chi connectivity index (χ2n) is 3.08. The molecule has 1 aromatic rings. The number of nitrogens with zero attached hydrogens (tertiary/aromatic N) is 2. The highest BCUT2D eigenvalue weighted by molar-refractivity contribution is 6.32. The van der Waals surface area contributed by atoms with Gasteiger partial charge in [0.25, 0.3) is 0 Å². The van der Waals surface area contributed by atoms with E-state index in [1.807, 2.05) is 13.0 Å². The summed E-state index contributed by atoms with van der Waals surface area (Å²) in [5.41, 5.74) is 1.93. The van der Waals surface area contributed by atoms with Gasteiger partial charge in [0.2, 0.25) is 0 Å². The van der Waals surface area contributed by atoms with Crippen LogP contribution in [-0.4, -0.2) is 11.2 Å². The Morgan fingerprint density at radius 1 is 1.54 bits per heavy atom. The molecule has 0 saturated heterocycles.